The van der Waals surface area contributed by atoms with Gasteiger partial charge in [-0.2, -0.15) is 0 Å². The molecule has 0 N–H and O–H groups in total. The number of benzene rings is 2. The van der Waals surface area contributed by atoms with E-state index in [0.29, 0.717) is 6.04 Å². The van der Waals surface area contributed by atoms with E-state index in [-0.39, 0.29) is 5.82 Å². The SMILES string of the molecule is CCc1c(C)c2c3c(c1-c1ccc(F)cc1)CC(C)N3CCN2C. The maximum Gasteiger partial charge on any atom is 0.123 e. The summed E-state index contributed by atoms with van der Waals surface area (Å²) >= 11 is 0. The molecular weight excluding hydrogens is 299 g/mol. The van der Waals surface area contributed by atoms with Crippen molar-refractivity contribution >= 4 is 11.4 Å². The third kappa shape index (κ3) is 2.07. The molecule has 126 valence electrons. The number of halogens is 1. The first-order valence-corrected chi connectivity index (χ1v) is 8.95. The van der Waals surface area contributed by atoms with Crippen molar-refractivity contribution in [3.63, 3.8) is 0 Å². The van der Waals surface area contributed by atoms with E-state index in [2.05, 4.69) is 37.6 Å². The molecule has 0 radical (unpaired) electrons. The summed E-state index contributed by atoms with van der Waals surface area (Å²) in [6.07, 6.45) is 2.08. The highest BCUT2D eigenvalue weighted by Gasteiger charge is 2.37. The number of hydrogen-bond donors (Lipinski definition) is 0. The number of likely N-dealkylation sites (N-methyl/N-ethyl adjacent to an activating group) is 1. The van der Waals surface area contributed by atoms with Crippen molar-refractivity contribution in [1.82, 2.24) is 0 Å². The smallest absolute Gasteiger partial charge is 0.123 e. The van der Waals surface area contributed by atoms with Crippen LogP contribution in [0.5, 0.6) is 0 Å². The lowest BCUT2D eigenvalue weighted by Gasteiger charge is -2.38. The van der Waals surface area contributed by atoms with Crippen molar-refractivity contribution in [1.29, 1.82) is 0 Å². The van der Waals surface area contributed by atoms with Crippen LogP contribution in [-0.2, 0) is 12.8 Å². The van der Waals surface area contributed by atoms with Crippen molar-refractivity contribution in [3.05, 3.63) is 46.8 Å². The molecule has 2 aromatic carbocycles. The summed E-state index contributed by atoms with van der Waals surface area (Å²) < 4.78 is 13.4. The van der Waals surface area contributed by atoms with Crippen LogP contribution >= 0.6 is 0 Å². The molecular formula is C21H25FN2. The molecule has 0 fully saturated rings. The van der Waals surface area contributed by atoms with Gasteiger partial charge in [0.25, 0.3) is 0 Å². The molecule has 0 aromatic heterocycles. The maximum atomic E-state index is 13.4. The van der Waals surface area contributed by atoms with Crippen molar-refractivity contribution in [3.8, 4) is 11.1 Å². The second-order valence-electron chi connectivity index (χ2n) is 7.18. The first-order chi connectivity index (χ1) is 11.5. The summed E-state index contributed by atoms with van der Waals surface area (Å²) in [7, 11) is 2.21. The van der Waals surface area contributed by atoms with Crippen molar-refractivity contribution in [2.24, 2.45) is 0 Å². The van der Waals surface area contributed by atoms with Gasteiger partial charge >= 0.3 is 0 Å². The average Bonchev–Trinajstić information content (AvgIpc) is 2.89. The fourth-order valence-corrected chi connectivity index (χ4v) is 4.66. The molecule has 0 saturated carbocycles. The standard InChI is InChI=1S/C21H25FN2/c1-5-17-14(3)20-21-18(12-13(2)24(21)11-10-23(20)4)19(17)15-6-8-16(22)9-7-15/h6-9,13H,5,10-12H2,1-4H3. The van der Waals surface area contributed by atoms with E-state index in [9.17, 15) is 4.39 Å². The molecule has 2 aromatic rings. The van der Waals surface area contributed by atoms with Crippen molar-refractivity contribution in [2.75, 3.05) is 29.9 Å². The van der Waals surface area contributed by atoms with Gasteiger partial charge in [0.2, 0.25) is 0 Å². The van der Waals surface area contributed by atoms with E-state index in [1.165, 1.54) is 33.6 Å². The first kappa shape index (κ1) is 15.5. The fourth-order valence-electron chi connectivity index (χ4n) is 4.66. The third-order valence-electron chi connectivity index (χ3n) is 5.78. The molecule has 1 atom stereocenters. The lowest BCUT2D eigenvalue weighted by molar-refractivity contribution is 0.628. The zero-order valence-corrected chi connectivity index (χ0v) is 15.0. The summed E-state index contributed by atoms with van der Waals surface area (Å²) in [6, 6.07) is 7.58. The Balaban J connectivity index is 2.05. The van der Waals surface area contributed by atoms with Crippen LogP contribution in [0.2, 0.25) is 0 Å². The van der Waals surface area contributed by atoms with E-state index in [4.69, 9.17) is 0 Å². The van der Waals surface area contributed by atoms with Crippen LogP contribution in [0.25, 0.3) is 11.1 Å². The van der Waals surface area contributed by atoms with E-state index >= 15 is 0 Å². The van der Waals surface area contributed by atoms with Crippen LogP contribution in [-0.4, -0.2) is 26.2 Å². The quantitative estimate of drug-likeness (QED) is 0.799. The summed E-state index contributed by atoms with van der Waals surface area (Å²) in [5, 5.41) is 0. The van der Waals surface area contributed by atoms with Gasteiger partial charge in [0, 0.05) is 26.2 Å². The molecule has 24 heavy (non-hydrogen) atoms. The summed E-state index contributed by atoms with van der Waals surface area (Å²) in [5.74, 6) is -0.169. The van der Waals surface area contributed by atoms with Crippen LogP contribution in [0, 0.1) is 12.7 Å². The number of nitrogens with zero attached hydrogens (tertiary/aromatic N) is 2. The van der Waals surface area contributed by atoms with Gasteiger partial charge in [-0.3, -0.25) is 0 Å². The number of hydrogen-bond acceptors (Lipinski definition) is 2. The molecule has 2 aliphatic heterocycles. The molecule has 2 nitrogen and oxygen atoms in total. The molecule has 3 heteroatoms. The molecule has 2 heterocycles. The minimum absolute atomic E-state index is 0.169. The third-order valence-corrected chi connectivity index (χ3v) is 5.78. The molecule has 4 rings (SSSR count). The van der Waals surface area contributed by atoms with Crippen LogP contribution in [0.1, 0.15) is 30.5 Å². The molecule has 0 amide bonds. The normalized spacial score (nSPS) is 19.0. The van der Waals surface area contributed by atoms with Gasteiger partial charge in [0.1, 0.15) is 5.82 Å². The minimum atomic E-state index is -0.169. The maximum absolute atomic E-state index is 13.4. The Kier molecular flexibility index (Phi) is 3.56. The highest BCUT2D eigenvalue weighted by molar-refractivity contribution is 5.91. The molecule has 2 aliphatic rings. The Hall–Kier alpha value is -2.03. The van der Waals surface area contributed by atoms with Gasteiger partial charge < -0.3 is 9.80 Å². The Labute approximate surface area is 143 Å². The molecule has 0 saturated heterocycles. The minimum Gasteiger partial charge on any atom is -0.371 e. The van der Waals surface area contributed by atoms with Gasteiger partial charge in [-0.25, -0.2) is 4.39 Å². The number of anilines is 2. The highest BCUT2D eigenvalue weighted by atomic mass is 19.1. The van der Waals surface area contributed by atoms with Crippen LogP contribution in [0.4, 0.5) is 15.8 Å². The Morgan fingerprint density at radius 2 is 1.83 bits per heavy atom. The Morgan fingerprint density at radius 1 is 1.12 bits per heavy atom. The molecule has 0 bridgehead atoms. The summed E-state index contributed by atoms with van der Waals surface area (Å²) in [4.78, 5) is 4.99. The van der Waals surface area contributed by atoms with Crippen molar-refractivity contribution in [2.45, 2.75) is 39.7 Å². The van der Waals surface area contributed by atoms with Gasteiger partial charge in [0.15, 0.2) is 0 Å². The zero-order chi connectivity index (χ0) is 17.0. The predicted octanol–water partition coefficient (Wildman–Crippen LogP) is 4.56. The van der Waals surface area contributed by atoms with Gasteiger partial charge in [0.05, 0.1) is 11.4 Å². The Bertz CT molecular complexity index is 795. The second kappa shape index (κ2) is 5.51. The van der Waals surface area contributed by atoms with E-state index in [1.807, 2.05) is 12.1 Å². The molecule has 1 unspecified atom stereocenters. The zero-order valence-electron chi connectivity index (χ0n) is 15.0. The first-order valence-electron chi connectivity index (χ1n) is 8.95. The van der Waals surface area contributed by atoms with Gasteiger partial charge in [-0.05, 0) is 66.6 Å². The lowest BCUT2D eigenvalue weighted by atomic mass is 9.86. The van der Waals surface area contributed by atoms with Crippen LogP contribution in [0.15, 0.2) is 24.3 Å². The highest BCUT2D eigenvalue weighted by Crippen LogP contribution is 2.50. The topological polar surface area (TPSA) is 6.48 Å². The van der Waals surface area contributed by atoms with E-state index in [0.717, 1.165) is 31.5 Å². The van der Waals surface area contributed by atoms with Crippen LogP contribution < -0.4 is 9.80 Å². The predicted molar refractivity (Wildman–Crippen MR) is 99.7 cm³/mol. The number of rotatable bonds is 2. The summed E-state index contributed by atoms with van der Waals surface area (Å²) in [6.45, 7) is 8.98. The second-order valence-corrected chi connectivity index (χ2v) is 7.18. The van der Waals surface area contributed by atoms with Crippen LogP contribution in [0.3, 0.4) is 0 Å². The largest absolute Gasteiger partial charge is 0.371 e. The Morgan fingerprint density at radius 3 is 2.50 bits per heavy atom. The summed E-state index contributed by atoms with van der Waals surface area (Å²) in [5.41, 5.74) is 9.58. The molecule has 0 spiro atoms. The van der Waals surface area contributed by atoms with E-state index < -0.39 is 0 Å². The van der Waals surface area contributed by atoms with Gasteiger partial charge in [-0.15, -0.1) is 0 Å². The monoisotopic (exact) mass is 324 g/mol. The lowest BCUT2D eigenvalue weighted by Crippen LogP contribution is -2.41. The fraction of sp³-hybridized carbons (Fsp3) is 0.429. The average molecular weight is 324 g/mol. The van der Waals surface area contributed by atoms with Gasteiger partial charge in [-0.1, -0.05) is 19.1 Å². The molecule has 0 aliphatic carbocycles. The van der Waals surface area contributed by atoms with E-state index in [1.54, 1.807) is 12.1 Å². The van der Waals surface area contributed by atoms with Crippen molar-refractivity contribution < 1.29 is 4.39 Å².